The minimum Gasteiger partial charge on any atom is -0.378 e. The van der Waals surface area contributed by atoms with Gasteiger partial charge in [-0.25, -0.2) is 0 Å². The highest BCUT2D eigenvalue weighted by molar-refractivity contribution is 6.52. The molecule has 1 aromatic carbocycles. The monoisotopic (exact) mass is 281 g/mol. The van der Waals surface area contributed by atoms with Gasteiger partial charge in [-0.1, -0.05) is 12.1 Å². The van der Waals surface area contributed by atoms with Gasteiger partial charge in [0.1, 0.15) is 0 Å². The fraction of sp³-hybridized carbons (Fsp3) is 0.429. The van der Waals surface area contributed by atoms with Crippen LogP contribution < -0.4 is 4.90 Å². The van der Waals surface area contributed by atoms with Crippen LogP contribution in [0.25, 0.3) is 0 Å². The molecule has 4 nitrogen and oxygen atoms in total. The molecule has 0 bridgehead atoms. The maximum atomic E-state index is 12.0. The van der Waals surface area contributed by atoms with E-state index in [0.29, 0.717) is 31.2 Å². The van der Waals surface area contributed by atoms with Crippen molar-refractivity contribution >= 4 is 29.0 Å². The van der Waals surface area contributed by atoms with Crippen molar-refractivity contribution < 1.29 is 14.3 Å². The number of ether oxygens (including phenoxy) is 1. The first-order chi connectivity index (χ1) is 9.07. The van der Waals surface area contributed by atoms with Gasteiger partial charge in [0.05, 0.1) is 24.5 Å². The highest BCUT2D eigenvalue weighted by Crippen LogP contribution is 2.34. The Bertz CT molecular complexity index is 528. The van der Waals surface area contributed by atoms with Crippen LogP contribution in [0.2, 0.25) is 0 Å². The number of ketones is 1. The number of carbonyl (C=O) groups excluding carboxylic acids is 2. The van der Waals surface area contributed by atoms with Crippen molar-refractivity contribution in [1.82, 2.24) is 0 Å². The zero-order chi connectivity index (χ0) is 14.0. The average Bonchev–Trinajstić information content (AvgIpc) is 2.65. The summed E-state index contributed by atoms with van der Waals surface area (Å²) in [5.41, 5.74) is 3.02. The van der Waals surface area contributed by atoms with Crippen molar-refractivity contribution in [2.45, 2.75) is 13.8 Å². The number of fused-ring (bicyclic) bond motifs is 1. The number of amides is 1. The first kappa shape index (κ1) is 14.0. The van der Waals surface area contributed by atoms with E-state index >= 15 is 0 Å². The molecule has 0 saturated carbocycles. The summed E-state index contributed by atoms with van der Waals surface area (Å²) >= 11 is 5.52. The normalized spacial score (nSPS) is 14.2. The highest BCUT2D eigenvalue weighted by Gasteiger charge is 2.37. The number of carbonyl (C=O) groups is 2. The summed E-state index contributed by atoms with van der Waals surface area (Å²) in [5, 5.41) is 0. The van der Waals surface area contributed by atoms with Crippen LogP contribution in [0.4, 0.5) is 5.69 Å². The molecule has 0 N–H and O–H groups in total. The number of benzene rings is 1. The van der Waals surface area contributed by atoms with Gasteiger partial charge in [0, 0.05) is 12.4 Å². The van der Waals surface area contributed by atoms with Gasteiger partial charge < -0.3 is 9.64 Å². The predicted octanol–water partition coefficient (Wildman–Crippen LogP) is 2.09. The van der Waals surface area contributed by atoms with Gasteiger partial charge in [-0.2, -0.15) is 0 Å². The second kappa shape index (κ2) is 5.72. The lowest BCUT2D eigenvalue weighted by atomic mass is 10.0. The summed E-state index contributed by atoms with van der Waals surface area (Å²) in [5.74, 6) is -0.475. The molecule has 1 aromatic rings. The van der Waals surface area contributed by atoms with Crippen molar-refractivity contribution in [2.75, 3.05) is 30.5 Å². The number of rotatable bonds is 5. The van der Waals surface area contributed by atoms with Crippen LogP contribution in [0.3, 0.4) is 0 Å². The maximum Gasteiger partial charge on any atom is 0.299 e. The fourth-order valence-electron chi connectivity index (χ4n) is 2.29. The summed E-state index contributed by atoms with van der Waals surface area (Å²) in [6.07, 6.45) is 0. The van der Waals surface area contributed by atoms with Crippen LogP contribution in [0, 0.1) is 13.8 Å². The summed E-state index contributed by atoms with van der Waals surface area (Å²) in [7, 11) is 0. The zero-order valence-corrected chi connectivity index (χ0v) is 11.8. The minimum atomic E-state index is -0.470. The van der Waals surface area contributed by atoms with Gasteiger partial charge in [-0.3, -0.25) is 9.59 Å². The molecule has 1 heterocycles. The summed E-state index contributed by atoms with van der Waals surface area (Å²) in [6.45, 7) is 4.93. The number of hydrogen-bond acceptors (Lipinski definition) is 3. The van der Waals surface area contributed by atoms with Crippen LogP contribution >= 0.6 is 11.6 Å². The Balaban J connectivity index is 2.26. The lowest BCUT2D eigenvalue weighted by molar-refractivity contribution is -0.114. The van der Waals surface area contributed by atoms with Gasteiger partial charge in [0.15, 0.2) is 0 Å². The average molecular weight is 282 g/mol. The van der Waals surface area contributed by atoms with Crippen molar-refractivity contribution in [2.24, 2.45) is 0 Å². The van der Waals surface area contributed by atoms with E-state index in [1.165, 1.54) is 4.90 Å². The van der Waals surface area contributed by atoms with Crippen LogP contribution in [0.5, 0.6) is 0 Å². The summed E-state index contributed by atoms with van der Waals surface area (Å²) in [6, 6.07) is 3.79. The molecule has 0 aromatic heterocycles. The van der Waals surface area contributed by atoms with E-state index in [0.717, 1.165) is 16.8 Å². The van der Waals surface area contributed by atoms with Crippen molar-refractivity contribution in [1.29, 1.82) is 0 Å². The Kier molecular flexibility index (Phi) is 4.22. The molecule has 0 atom stereocenters. The van der Waals surface area contributed by atoms with E-state index in [1.807, 2.05) is 26.0 Å². The molecule has 0 unspecified atom stereocenters. The number of Topliss-reactive ketones (excluding diaryl/α,β-unsaturated/α-hetero) is 1. The lowest BCUT2D eigenvalue weighted by Crippen LogP contribution is -2.33. The van der Waals surface area contributed by atoms with E-state index in [1.54, 1.807) is 0 Å². The van der Waals surface area contributed by atoms with Gasteiger partial charge in [0.25, 0.3) is 11.7 Å². The molecule has 19 heavy (non-hydrogen) atoms. The van der Waals surface area contributed by atoms with Crippen LogP contribution in [0.15, 0.2) is 12.1 Å². The van der Waals surface area contributed by atoms with E-state index in [-0.39, 0.29) is 0 Å². The molecule has 1 amide bonds. The molecular weight excluding hydrogens is 266 g/mol. The minimum absolute atomic E-state index is 0.374. The Morgan fingerprint density at radius 3 is 2.53 bits per heavy atom. The number of nitrogens with zero attached hydrogens (tertiary/aromatic N) is 1. The first-order valence-corrected chi connectivity index (χ1v) is 6.71. The van der Waals surface area contributed by atoms with Crippen molar-refractivity contribution in [3.8, 4) is 0 Å². The Morgan fingerprint density at radius 1 is 1.16 bits per heavy atom. The van der Waals surface area contributed by atoms with Gasteiger partial charge in [-0.15, -0.1) is 11.6 Å². The number of aryl methyl sites for hydroxylation is 2. The summed E-state index contributed by atoms with van der Waals surface area (Å²) < 4.78 is 5.28. The van der Waals surface area contributed by atoms with Crippen LogP contribution in [-0.2, 0) is 9.53 Å². The predicted molar refractivity (Wildman–Crippen MR) is 74.1 cm³/mol. The number of hydrogen-bond donors (Lipinski definition) is 0. The molecule has 1 aliphatic rings. The Morgan fingerprint density at radius 2 is 1.84 bits per heavy atom. The van der Waals surface area contributed by atoms with E-state index < -0.39 is 11.7 Å². The van der Waals surface area contributed by atoms with Crippen molar-refractivity contribution in [3.63, 3.8) is 0 Å². The zero-order valence-electron chi connectivity index (χ0n) is 11.0. The van der Waals surface area contributed by atoms with E-state index in [9.17, 15) is 9.59 Å². The maximum absolute atomic E-state index is 12.0. The molecule has 0 aliphatic carbocycles. The molecule has 5 heteroatoms. The summed E-state index contributed by atoms with van der Waals surface area (Å²) in [4.78, 5) is 25.5. The molecule has 102 valence electrons. The Hall–Kier alpha value is -1.39. The Labute approximate surface area is 117 Å². The second-order valence-electron chi connectivity index (χ2n) is 4.51. The third-order valence-corrected chi connectivity index (χ3v) is 3.36. The van der Waals surface area contributed by atoms with Crippen molar-refractivity contribution in [3.05, 3.63) is 28.8 Å². The largest absolute Gasteiger partial charge is 0.378 e. The van der Waals surface area contributed by atoms with Gasteiger partial charge >= 0.3 is 0 Å². The van der Waals surface area contributed by atoms with Crippen LogP contribution in [-0.4, -0.2) is 37.3 Å². The highest BCUT2D eigenvalue weighted by atomic mass is 35.5. The van der Waals surface area contributed by atoms with Crippen LogP contribution in [0.1, 0.15) is 21.5 Å². The standard InChI is InChI=1S/C14H16ClNO3/c1-9-3-4-10(2)12-11(9)13(17)14(18)16(12)6-8-19-7-5-15/h3-4H,5-8H2,1-2H3. The quantitative estimate of drug-likeness (QED) is 0.472. The third-order valence-electron chi connectivity index (χ3n) is 3.21. The molecule has 0 radical (unpaired) electrons. The molecule has 0 spiro atoms. The molecular formula is C14H16ClNO3. The fourth-order valence-corrected chi connectivity index (χ4v) is 2.40. The second-order valence-corrected chi connectivity index (χ2v) is 4.89. The first-order valence-electron chi connectivity index (χ1n) is 6.18. The topological polar surface area (TPSA) is 46.6 Å². The van der Waals surface area contributed by atoms with Gasteiger partial charge in [0.2, 0.25) is 0 Å². The van der Waals surface area contributed by atoms with E-state index in [2.05, 4.69) is 0 Å². The van der Waals surface area contributed by atoms with Gasteiger partial charge in [-0.05, 0) is 25.0 Å². The van der Waals surface area contributed by atoms with E-state index in [4.69, 9.17) is 16.3 Å². The third kappa shape index (κ3) is 2.51. The smallest absolute Gasteiger partial charge is 0.299 e. The molecule has 0 saturated heterocycles. The number of anilines is 1. The lowest BCUT2D eigenvalue weighted by Gasteiger charge is -2.18. The SMILES string of the molecule is Cc1ccc(C)c2c1C(=O)C(=O)N2CCOCCCl. The molecule has 2 rings (SSSR count). The molecule has 0 fully saturated rings. The number of alkyl halides is 1. The molecule has 1 aliphatic heterocycles. The number of halogens is 1.